The van der Waals surface area contributed by atoms with Crippen LogP contribution in [0.3, 0.4) is 0 Å². The third kappa shape index (κ3) is 3.89. The summed E-state index contributed by atoms with van der Waals surface area (Å²) in [6.07, 6.45) is -0.629. The predicted octanol–water partition coefficient (Wildman–Crippen LogP) is 2.67. The molecule has 0 amide bonds. The average Bonchev–Trinajstić information content (AvgIpc) is 3.33. The number of nitrogens with two attached hydrogens (primary N) is 1. The number of fused-ring (bicyclic) bond motifs is 2. The van der Waals surface area contributed by atoms with Crippen molar-refractivity contribution in [3.63, 3.8) is 0 Å². The van der Waals surface area contributed by atoms with E-state index in [1.54, 1.807) is 16.8 Å². The molecule has 0 aromatic carbocycles. The summed E-state index contributed by atoms with van der Waals surface area (Å²) in [7, 11) is 0. The van der Waals surface area contributed by atoms with Crippen LogP contribution in [0.4, 0.5) is 19.0 Å². The fourth-order valence-corrected chi connectivity index (χ4v) is 4.94. The Balaban J connectivity index is 1.38. The number of ether oxygens (including phenoxy) is 1. The molecule has 0 radical (unpaired) electrons. The highest BCUT2D eigenvalue weighted by Gasteiger charge is 2.43. The molecule has 2 aliphatic carbocycles. The van der Waals surface area contributed by atoms with E-state index in [0.29, 0.717) is 47.4 Å². The number of aromatic nitrogens is 4. The van der Waals surface area contributed by atoms with E-state index in [1.807, 2.05) is 0 Å². The number of nitrogens with zero attached hydrogens (tertiary/aromatic N) is 4. The molecule has 0 saturated heterocycles. The summed E-state index contributed by atoms with van der Waals surface area (Å²) in [5.74, 6) is -0.0120. The molecule has 0 bridgehead atoms. The number of aryl methyl sites for hydroxylation is 1. The van der Waals surface area contributed by atoms with Crippen LogP contribution < -0.4 is 10.5 Å². The second-order valence-corrected chi connectivity index (χ2v) is 8.71. The van der Waals surface area contributed by atoms with Gasteiger partial charge in [0.25, 0.3) is 0 Å². The molecule has 33 heavy (non-hydrogen) atoms. The Kier molecular flexibility index (Phi) is 5.40. The van der Waals surface area contributed by atoms with Crippen molar-refractivity contribution in [1.29, 1.82) is 0 Å². The van der Waals surface area contributed by atoms with Crippen molar-refractivity contribution in [2.24, 2.45) is 5.92 Å². The molecule has 0 aliphatic heterocycles. The molecule has 4 atom stereocenters. The number of pyridine rings is 1. The van der Waals surface area contributed by atoms with Crippen molar-refractivity contribution in [3.05, 3.63) is 41.6 Å². The molecule has 11 heteroatoms. The van der Waals surface area contributed by atoms with Crippen LogP contribution in [0.2, 0.25) is 0 Å². The van der Waals surface area contributed by atoms with E-state index in [0.717, 1.165) is 18.9 Å². The molecule has 3 aromatic heterocycles. The Morgan fingerprint density at radius 3 is 2.73 bits per heavy atom. The maximum atomic E-state index is 13.3. The zero-order valence-electron chi connectivity index (χ0n) is 17.7. The minimum absolute atomic E-state index is 0.0290. The summed E-state index contributed by atoms with van der Waals surface area (Å²) in [6, 6.07) is 2.20. The molecule has 1 unspecified atom stereocenters. The van der Waals surface area contributed by atoms with Crippen molar-refractivity contribution in [1.82, 2.24) is 19.5 Å². The lowest BCUT2D eigenvalue weighted by Gasteiger charge is -2.23. The van der Waals surface area contributed by atoms with Crippen LogP contribution in [0.15, 0.2) is 24.7 Å². The first-order chi connectivity index (χ1) is 15.7. The third-order valence-electron chi connectivity index (χ3n) is 6.67. The molecule has 3 aromatic rings. The van der Waals surface area contributed by atoms with Crippen LogP contribution in [-0.2, 0) is 19.0 Å². The Morgan fingerprint density at radius 2 is 1.94 bits per heavy atom. The van der Waals surface area contributed by atoms with E-state index in [1.165, 1.54) is 6.33 Å². The summed E-state index contributed by atoms with van der Waals surface area (Å²) < 4.78 is 47.6. The van der Waals surface area contributed by atoms with E-state index in [4.69, 9.17) is 10.5 Å². The lowest BCUT2D eigenvalue weighted by atomic mass is 9.94. The molecular formula is C22H24F3N5O3. The number of nitrogen functional groups attached to an aromatic ring is 1. The molecule has 4 N–H and O–H groups in total. The molecule has 3 heterocycles. The number of alkyl halides is 3. The molecule has 0 spiro atoms. The summed E-state index contributed by atoms with van der Waals surface area (Å²) in [5, 5.41) is 22.0. The minimum Gasteiger partial charge on any atom is -0.493 e. The second-order valence-electron chi connectivity index (χ2n) is 8.71. The van der Waals surface area contributed by atoms with Gasteiger partial charge in [-0.15, -0.1) is 0 Å². The van der Waals surface area contributed by atoms with Crippen LogP contribution in [0.5, 0.6) is 5.75 Å². The van der Waals surface area contributed by atoms with Crippen molar-refractivity contribution >= 4 is 16.9 Å². The summed E-state index contributed by atoms with van der Waals surface area (Å²) in [6.45, 7) is -0.0290. The summed E-state index contributed by atoms with van der Waals surface area (Å²) >= 11 is 0. The van der Waals surface area contributed by atoms with Gasteiger partial charge in [0.2, 0.25) is 0 Å². The van der Waals surface area contributed by atoms with E-state index in [-0.39, 0.29) is 12.4 Å². The zero-order chi connectivity index (χ0) is 23.3. The SMILES string of the molecule is Nc1ncnc2c1ccn2[C@@H]1CC(COc2cc(C(F)(F)F)nc3c2CCCC3)[C@@H](O)[C@H]1O. The van der Waals surface area contributed by atoms with Crippen molar-refractivity contribution in [2.45, 2.75) is 56.5 Å². The number of hydrogen-bond acceptors (Lipinski definition) is 7. The molecular weight excluding hydrogens is 439 g/mol. The van der Waals surface area contributed by atoms with Gasteiger partial charge in [-0.2, -0.15) is 13.2 Å². The molecule has 2 aliphatic rings. The van der Waals surface area contributed by atoms with Crippen LogP contribution in [0.25, 0.3) is 11.0 Å². The first-order valence-electron chi connectivity index (χ1n) is 10.9. The maximum Gasteiger partial charge on any atom is 0.433 e. The highest BCUT2D eigenvalue weighted by Crippen LogP contribution is 2.40. The highest BCUT2D eigenvalue weighted by atomic mass is 19.4. The number of aliphatic hydroxyl groups is 2. The van der Waals surface area contributed by atoms with Gasteiger partial charge in [0.1, 0.15) is 35.3 Å². The van der Waals surface area contributed by atoms with Gasteiger partial charge in [0.05, 0.1) is 24.1 Å². The Bertz CT molecular complexity index is 1180. The van der Waals surface area contributed by atoms with Crippen molar-refractivity contribution in [3.8, 4) is 5.75 Å². The average molecular weight is 463 g/mol. The fraction of sp³-hybridized carbons (Fsp3) is 0.500. The van der Waals surface area contributed by atoms with Crippen molar-refractivity contribution in [2.75, 3.05) is 12.3 Å². The van der Waals surface area contributed by atoms with Gasteiger partial charge in [-0.05, 0) is 38.2 Å². The first-order valence-corrected chi connectivity index (χ1v) is 10.9. The van der Waals surface area contributed by atoms with Gasteiger partial charge in [-0.1, -0.05) is 0 Å². The van der Waals surface area contributed by atoms with E-state index < -0.39 is 36.0 Å². The van der Waals surface area contributed by atoms with Gasteiger partial charge < -0.3 is 25.3 Å². The van der Waals surface area contributed by atoms with Crippen LogP contribution in [0, 0.1) is 5.92 Å². The summed E-state index contributed by atoms with van der Waals surface area (Å²) in [4.78, 5) is 12.0. The minimum atomic E-state index is -4.57. The van der Waals surface area contributed by atoms with Gasteiger partial charge in [0, 0.05) is 29.4 Å². The quantitative estimate of drug-likeness (QED) is 0.544. The largest absolute Gasteiger partial charge is 0.493 e. The Labute approximate surface area is 187 Å². The number of halogens is 3. The monoisotopic (exact) mass is 463 g/mol. The number of anilines is 1. The smallest absolute Gasteiger partial charge is 0.433 e. The fourth-order valence-electron chi connectivity index (χ4n) is 4.94. The van der Waals surface area contributed by atoms with Gasteiger partial charge in [0.15, 0.2) is 0 Å². The molecule has 176 valence electrons. The predicted molar refractivity (Wildman–Crippen MR) is 112 cm³/mol. The molecule has 1 saturated carbocycles. The van der Waals surface area contributed by atoms with E-state index in [9.17, 15) is 23.4 Å². The first kappa shape index (κ1) is 21.9. The Morgan fingerprint density at radius 1 is 1.15 bits per heavy atom. The maximum absolute atomic E-state index is 13.3. The number of hydrogen-bond donors (Lipinski definition) is 3. The van der Waals surface area contributed by atoms with Gasteiger partial charge in [-0.3, -0.25) is 0 Å². The number of rotatable bonds is 4. The molecule has 8 nitrogen and oxygen atoms in total. The van der Waals surface area contributed by atoms with E-state index >= 15 is 0 Å². The standard InChI is InChI=1S/C22H24F3N5O3/c23-22(24,25)17-8-16(12-3-1-2-4-14(12)29-17)33-9-11-7-15(19(32)18(11)31)30-6-5-13-20(26)27-10-28-21(13)30/h5-6,8,10-11,15,18-19,31-32H,1-4,7,9H2,(H2,26,27,28)/t11?,15-,18-,19+/m1/s1. The zero-order valence-corrected chi connectivity index (χ0v) is 17.7. The lowest BCUT2D eigenvalue weighted by Crippen LogP contribution is -2.31. The second kappa shape index (κ2) is 8.14. The van der Waals surface area contributed by atoms with Crippen LogP contribution in [-0.4, -0.2) is 48.5 Å². The van der Waals surface area contributed by atoms with Gasteiger partial charge in [-0.25, -0.2) is 15.0 Å². The lowest BCUT2D eigenvalue weighted by molar-refractivity contribution is -0.141. The molecule has 5 rings (SSSR count). The van der Waals surface area contributed by atoms with Crippen LogP contribution in [0.1, 0.15) is 42.3 Å². The van der Waals surface area contributed by atoms with Crippen molar-refractivity contribution < 1.29 is 28.1 Å². The summed E-state index contributed by atoms with van der Waals surface area (Å²) in [5.41, 5.74) is 6.57. The van der Waals surface area contributed by atoms with E-state index in [2.05, 4.69) is 15.0 Å². The topological polar surface area (TPSA) is 119 Å². The Hall–Kier alpha value is -2.92. The van der Waals surface area contributed by atoms with Gasteiger partial charge >= 0.3 is 6.18 Å². The van der Waals surface area contributed by atoms with Crippen LogP contribution >= 0.6 is 0 Å². The number of aliphatic hydroxyl groups excluding tert-OH is 2. The highest BCUT2D eigenvalue weighted by molar-refractivity contribution is 5.86. The molecule has 1 fully saturated rings. The third-order valence-corrected chi connectivity index (χ3v) is 6.67. The normalized spacial score (nSPS) is 25.4.